The highest BCUT2D eigenvalue weighted by molar-refractivity contribution is 5.95. The summed E-state index contributed by atoms with van der Waals surface area (Å²) in [4.78, 5) is 15.4. The molecule has 3 rings (SSSR count). The minimum absolute atomic E-state index is 0.214. The molecule has 2 aromatic heterocycles. The van der Waals surface area contributed by atoms with Gasteiger partial charge in [-0.3, -0.25) is 4.98 Å². The molecule has 0 aliphatic rings. The van der Waals surface area contributed by atoms with E-state index in [0.29, 0.717) is 11.5 Å². The van der Waals surface area contributed by atoms with Crippen molar-refractivity contribution in [1.82, 2.24) is 14.8 Å². The van der Waals surface area contributed by atoms with Gasteiger partial charge in [0.2, 0.25) is 0 Å². The number of pyridine rings is 1. The zero-order valence-corrected chi connectivity index (χ0v) is 13.5. The monoisotopic (exact) mass is 322 g/mol. The summed E-state index contributed by atoms with van der Waals surface area (Å²) in [7, 11) is 0. The highest BCUT2D eigenvalue weighted by Gasteiger charge is 2.15. The SMILES string of the molecule is CC(C)c1cc(Nc2ccccc2C(=O)O)n(-c2ccncc2)n1. The Morgan fingerprint density at radius 2 is 1.88 bits per heavy atom. The molecule has 0 atom stereocenters. The van der Waals surface area contributed by atoms with Crippen LogP contribution in [0.25, 0.3) is 5.69 Å². The van der Waals surface area contributed by atoms with E-state index < -0.39 is 5.97 Å². The molecule has 0 radical (unpaired) electrons. The predicted molar refractivity (Wildman–Crippen MR) is 92.1 cm³/mol. The van der Waals surface area contributed by atoms with Gasteiger partial charge in [-0.1, -0.05) is 26.0 Å². The van der Waals surface area contributed by atoms with Gasteiger partial charge >= 0.3 is 5.97 Å². The maximum absolute atomic E-state index is 11.4. The summed E-state index contributed by atoms with van der Waals surface area (Å²) in [5, 5.41) is 17.2. The van der Waals surface area contributed by atoms with Crippen LogP contribution < -0.4 is 5.32 Å². The van der Waals surface area contributed by atoms with Crippen LogP contribution >= 0.6 is 0 Å². The van der Waals surface area contributed by atoms with Gasteiger partial charge < -0.3 is 10.4 Å². The number of anilines is 2. The number of carboxylic acid groups (broad SMARTS) is 1. The molecular formula is C18H18N4O2. The highest BCUT2D eigenvalue weighted by Crippen LogP contribution is 2.26. The largest absolute Gasteiger partial charge is 0.478 e. The first-order valence-electron chi connectivity index (χ1n) is 7.66. The first-order chi connectivity index (χ1) is 11.6. The number of aromatic nitrogens is 3. The number of rotatable bonds is 5. The zero-order chi connectivity index (χ0) is 17.1. The first kappa shape index (κ1) is 15.7. The number of hydrogen-bond acceptors (Lipinski definition) is 4. The molecule has 0 aliphatic carbocycles. The lowest BCUT2D eigenvalue weighted by Crippen LogP contribution is -2.06. The molecule has 0 aliphatic heterocycles. The van der Waals surface area contributed by atoms with Gasteiger partial charge in [0.15, 0.2) is 0 Å². The normalized spacial score (nSPS) is 10.8. The van der Waals surface area contributed by atoms with Gasteiger partial charge in [-0.2, -0.15) is 5.10 Å². The summed E-state index contributed by atoms with van der Waals surface area (Å²) < 4.78 is 1.76. The Hall–Kier alpha value is -3.15. The molecule has 0 saturated carbocycles. The Kier molecular flexibility index (Phi) is 4.29. The summed E-state index contributed by atoms with van der Waals surface area (Å²) in [5.74, 6) is -0.0147. The minimum atomic E-state index is -0.975. The number of hydrogen-bond donors (Lipinski definition) is 2. The quantitative estimate of drug-likeness (QED) is 0.746. The topological polar surface area (TPSA) is 80.0 Å². The number of carboxylic acids is 1. The van der Waals surface area contributed by atoms with E-state index in [0.717, 1.165) is 11.4 Å². The molecule has 1 aromatic carbocycles. The van der Waals surface area contributed by atoms with Crippen LogP contribution in [0, 0.1) is 0 Å². The fourth-order valence-electron chi connectivity index (χ4n) is 2.37. The molecule has 0 amide bonds. The maximum atomic E-state index is 11.4. The molecule has 0 bridgehead atoms. The standard InChI is InChI=1S/C18H18N4O2/c1-12(2)16-11-17(22(21-16)13-7-9-19-10-8-13)20-15-6-4-3-5-14(15)18(23)24/h3-12,20H,1-2H3,(H,23,24). The summed E-state index contributed by atoms with van der Waals surface area (Å²) in [6.07, 6.45) is 3.39. The van der Waals surface area contributed by atoms with Crippen LogP contribution in [0.2, 0.25) is 0 Å². The molecule has 0 saturated heterocycles. The van der Waals surface area contributed by atoms with Crippen molar-refractivity contribution in [3.05, 3.63) is 66.1 Å². The molecule has 24 heavy (non-hydrogen) atoms. The van der Waals surface area contributed by atoms with Crippen molar-refractivity contribution in [2.24, 2.45) is 0 Å². The van der Waals surface area contributed by atoms with E-state index in [2.05, 4.69) is 29.2 Å². The van der Waals surface area contributed by atoms with Crippen LogP contribution in [-0.2, 0) is 0 Å². The average Bonchev–Trinajstić information content (AvgIpc) is 3.00. The fourth-order valence-corrected chi connectivity index (χ4v) is 2.37. The van der Waals surface area contributed by atoms with Crippen LogP contribution in [0.5, 0.6) is 0 Å². The van der Waals surface area contributed by atoms with Crippen LogP contribution in [0.3, 0.4) is 0 Å². The smallest absolute Gasteiger partial charge is 0.337 e. The fraction of sp³-hybridized carbons (Fsp3) is 0.167. The molecule has 6 heteroatoms. The first-order valence-corrected chi connectivity index (χ1v) is 7.66. The minimum Gasteiger partial charge on any atom is -0.478 e. The van der Waals surface area contributed by atoms with Gasteiger partial charge in [-0.15, -0.1) is 0 Å². The predicted octanol–water partition coefficient (Wildman–Crippen LogP) is 3.83. The number of benzene rings is 1. The summed E-state index contributed by atoms with van der Waals surface area (Å²) >= 11 is 0. The van der Waals surface area contributed by atoms with Gasteiger partial charge in [-0.25, -0.2) is 9.48 Å². The van der Waals surface area contributed by atoms with Gasteiger partial charge in [0.25, 0.3) is 0 Å². The van der Waals surface area contributed by atoms with Gasteiger partial charge in [0, 0.05) is 18.5 Å². The number of para-hydroxylation sites is 1. The van der Waals surface area contributed by atoms with E-state index in [-0.39, 0.29) is 11.5 Å². The van der Waals surface area contributed by atoms with Gasteiger partial charge in [-0.05, 0) is 30.2 Å². The van der Waals surface area contributed by atoms with Crippen molar-refractivity contribution in [2.75, 3.05) is 5.32 Å². The second-order valence-electron chi connectivity index (χ2n) is 5.70. The summed E-state index contributed by atoms with van der Waals surface area (Å²) in [5.41, 5.74) is 2.51. The van der Waals surface area contributed by atoms with Crippen molar-refractivity contribution >= 4 is 17.5 Å². The van der Waals surface area contributed by atoms with Crippen LogP contribution in [0.15, 0.2) is 54.9 Å². The van der Waals surface area contributed by atoms with E-state index >= 15 is 0 Å². The summed E-state index contributed by atoms with van der Waals surface area (Å²) in [6.45, 7) is 4.13. The molecule has 122 valence electrons. The zero-order valence-electron chi connectivity index (χ0n) is 13.5. The molecule has 0 fully saturated rings. The maximum Gasteiger partial charge on any atom is 0.337 e. The lowest BCUT2D eigenvalue weighted by atomic mass is 10.1. The molecule has 0 unspecified atom stereocenters. The van der Waals surface area contributed by atoms with Gasteiger partial charge in [0.05, 0.1) is 22.6 Å². The van der Waals surface area contributed by atoms with E-state index in [9.17, 15) is 9.90 Å². The summed E-state index contributed by atoms with van der Waals surface area (Å²) in [6, 6.07) is 12.4. The van der Waals surface area contributed by atoms with E-state index in [1.54, 1.807) is 41.3 Å². The van der Waals surface area contributed by atoms with Crippen molar-refractivity contribution < 1.29 is 9.90 Å². The molecule has 2 heterocycles. The Labute approximate surface area is 139 Å². The number of nitrogens with one attached hydrogen (secondary N) is 1. The molecule has 3 aromatic rings. The van der Waals surface area contributed by atoms with Gasteiger partial charge in [0.1, 0.15) is 5.82 Å². The van der Waals surface area contributed by atoms with Crippen molar-refractivity contribution in [3.63, 3.8) is 0 Å². The third kappa shape index (κ3) is 3.12. The molecule has 2 N–H and O–H groups in total. The highest BCUT2D eigenvalue weighted by atomic mass is 16.4. The Bertz CT molecular complexity index is 856. The number of aromatic carboxylic acids is 1. The third-order valence-electron chi connectivity index (χ3n) is 3.65. The lowest BCUT2D eigenvalue weighted by Gasteiger charge is -2.11. The van der Waals surface area contributed by atoms with E-state index in [4.69, 9.17) is 0 Å². The Balaban J connectivity index is 2.06. The van der Waals surface area contributed by atoms with E-state index in [1.807, 2.05) is 18.2 Å². The number of nitrogens with zero attached hydrogens (tertiary/aromatic N) is 3. The Morgan fingerprint density at radius 1 is 1.17 bits per heavy atom. The van der Waals surface area contributed by atoms with Crippen molar-refractivity contribution in [1.29, 1.82) is 0 Å². The lowest BCUT2D eigenvalue weighted by molar-refractivity contribution is 0.0698. The molecule has 0 spiro atoms. The number of carbonyl (C=O) groups is 1. The van der Waals surface area contributed by atoms with Crippen molar-refractivity contribution in [2.45, 2.75) is 19.8 Å². The second kappa shape index (κ2) is 6.54. The second-order valence-corrected chi connectivity index (χ2v) is 5.70. The van der Waals surface area contributed by atoms with Crippen LogP contribution in [-0.4, -0.2) is 25.8 Å². The van der Waals surface area contributed by atoms with Crippen molar-refractivity contribution in [3.8, 4) is 5.69 Å². The third-order valence-corrected chi connectivity index (χ3v) is 3.65. The van der Waals surface area contributed by atoms with E-state index in [1.165, 1.54) is 0 Å². The van der Waals surface area contributed by atoms with Crippen LogP contribution in [0.4, 0.5) is 11.5 Å². The molecular weight excluding hydrogens is 304 g/mol. The average molecular weight is 322 g/mol. The van der Waals surface area contributed by atoms with Crippen LogP contribution in [0.1, 0.15) is 35.8 Å². The molecule has 6 nitrogen and oxygen atoms in total. The Morgan fingerprint density at radius 3 is 2.54 bits per heavy atom.